The van der Waals surface area contributed by atoms with Gasteiger partial charge >= 0.3 is 0 Å². The Bertz CT molecular complexity index is 1110. The summed E-state index contributed by atoms with van der Waals surface area (Å²) in [7, 11) is 1.56. The quantitative estimate of drug-likeness (QED) is 0.528. The second kappa shape index (κ2) is 8.34. The smallest absolute Gasteiger partial charge is 0.280 e. The fourth-order valence-electron chi connectivity index (χ4n) is 4.07. The molecule has 1 aliphatic heterocycles. The van der Waals surface area contributed by atoms with Crippen LogP contribution in [0.4, 0.5) is 8.78 Å². The molecule has 0 saturated carbocycles. The first-order valence-corrected chi connectivity index (χ1v) is 10.2. The van der Waals surface area contributed by atoms with Gasteiger partial charge in [0.15, 0.2) is 17.2 Å². The molecule has 0 N–H and O–H groups in total. The van der Waals surface area contributed by atoms with Crippen LogP contribution in [0.5, 0.6) is 5.75 Å². The van der Waals surface area contributed by atoms with Crippen LogP contribution in [0.2, 0.25) is 0 Å². The van der Waals surface area contributed by atoms with Gasteiger partial charge in [-0.2, -0.15) is 0 Å². The zero-order valence-electron chi connectivity index (χ0n) is 17.8. The fraction of sp³-hybridized carbons (Fsp3) is 0.435. The molecule has 164 valence electrons. The molecule has 0 amide bonds. The largest absolute Gasteiger partial charge is 0.493 e. The molecule has 1 unspecified atom stereocenters. The maximum absolute atomic E-state index is 12.9. The third-order valence-corrected chi connectivity index (χ3v) is 5.57. The first-order chi connectivity index (χ1) is 14.8. The Morgan fingerprint density at radius 3 is 2.84 bits per heavy atom. The number of ketones is 1. The maximum atomic E-state index is 12.9. The van der Waals surface area contributed by atoms with Crippen molar-refractivity contribution in [3.8, 4) is 5.75 Å². The van der Waals surface area contributed by atoms with E-state index < -0.39 is 12.1 Å². The molecule has 4 heterocycles. The zero-order chi connectivity index (χ0) is 22.2. The molecule has 31 heavy (non-hydrogen) atoms. The number of fused-ring (bicyclic) bond motifs is 1. The SMILES string of the molecule is COc1cc(CC(=O)c2cccc(C(F)F)n2)cn2cc(C3CCOC(C)(C)C3)nc12. The van der Waals surface area contributed by atoms with Gasteiger partial charge in [0.05, 0.1) is 18.4 Å². The molecule has 1 fully saturated rings. The first kappa shape index (κ1) is 21.4. The Labute approximate surface area is 179 Å². The lowest BCUT2D eigenvalue weighted by molar-refractivity contribution is -0.0597. The predicted molar refractivity (Wildman–Crippen MR) is 111 cm³/mol. The fourth-order valence-corrected chi connectivity index (χ4v) is 4.07. The third-order valence-electron chi connectivity index (χ3n) is 5.57. The van der Waals surface area contributed by atoms with Gasteiger partial charge in [-0.3, -0.25) is 4.79 Å². The van der Waals surface area contributed by atoms with Gasteiger partial charge in [0.25, 0.3) is 6.43 Å². The normalized spacial score (nSPS) is 18.5. The van der Waals surface area contributed by atoms with Gasteiger partial charge in [0, 0.05) is 31.3 Å². The molecule has 0 aromatic carbocycles. The third kappa shape index (κ3) is 4.58. The minimum atomic E-state index is -2.72. The van der Waals surface area contributed by atoms with Crippen molar-refractivity contribution >= 4 is 11.4 Å². The topological polar surface area (TPSA) is 65.7 Å². The van der Waals surface area contributed by atoms with E-state index in [0.717, 1.165) is 18.5 Å². The van der Waals surface area contributed by atoms with E-state index in [1.165, 1.54) is 18.2 Å². The highest BCUT2D eigenvalue weighted by Crippen LogP contribution is 2.36. The highest BCUT2D eigenvalue weighted by molar-refractivity contribution is 5.95. The Hall–Kier alpha value is -2.87. The zero-order valence-corrected chi connectivity index (χ0v) is 17.8. The molecule has 1 aliphatic rings. The molecule has 6 nitrogen and oxygen atoms in total. The molecule has 1 atom stereocenters. The van der Waals surface area contributed by atoms with E-state index in [1.807, 2.05) is 16.8 Å². The Kier molecular flexibility index (Phi) is 5.75. The molecule has 0 bridgehead atoms. The molecule has 1 saturated heterocycles. The molecule has 8 heteroatoms. The van der Waals surface area contributed by atoms with Crippen molar-refractivity contribution < 1.29 is 23.0 Å². The average Bonchev–Trinajstić information content (AvgIpc) is 3.16. The lowest BCUT2D eigenvalue weighted by atomic mass is 9.86. The molecule has 0 radical (unpaired) electrons. The Morgan fingerprint density at radius 2 is 2.13 bits per heavy atom. The molecular formula is C23H25F2N3O3. The highest BCUT2D eigenvalue weighted by Gasteiger charge is 2.31. The van der Waals surface area contributed by atoms with Crippen molar-refractivity contribution in [2.75, 3.05) is 13.7 Å². The maximum Gasteiger partial charge on any atom is 0.280 e. The second-order valence-corrected chi connectivity index (χ2v) is 8.46. The highest BCUT2D eigenvalue weighted by atomic mass is 19.3. The molecule has 0 spiro atoms. The van der Waals surface area contributed by atoms with Crippen molar-refractivity contribution in [1.29, 1.82) is 0 Å². The number of ether oxygens (including phenoxy) is 2. The van der Waals surface area contributed by atoms with E-state index in [4.69, 9.17) is 14.5 Å². The van der Waals surface area contributed by atoms with Gasteiger partial charge in [-0.15, -0.1) is 0 Å². The minimum Gasteiger partial charge on any atom is -0.493 e. The van der Waals surface area contributed by atoms with E-state index >= 15 is 0 Å². The number of carbonyl (C=O) groups excluding carboxylic acids is 1. The Balaban J connectivity index is 1.62. The van der Waals surface area contributed by atoms with Crippen molar-refractivity contribution in [1.82, 2.24) is 14.4 Å². The molecule has 3 aromatic rings. The number of hydrogen-bond donors (Lipinski definition) is 0. The number of aromatic nitrogens is 3. The number of halogens is 2. The van der Waals surface area contributed by atoms with Gasteiger partial charge in [0.1, 0.15) is 11.4 Å². The second-order valence-electron chi connectivity index (χ2n) is 8.46. The summed E-state index contributed by atoms with van der Waals surface area (Å²) in [6, 6.07) is 5.84. The van der Waals surface area contributed by atoms with Crippen LogP contribution < -0.4 is 4.74 Å². The summed E-state index contributed by atoms with van der Waals surface area (Å²) in [4.78, 5) is 21.2. The van der Waals surface area contributed by atoms with Crippen LogP contribution in [0.1, 0.15) is 66.5 Å². The number of pyridine rings is 2. The van der Waals surface area contributed by atoms with Gasteiger partial charge in [-0.25, -0.2) is 18.7 Å². The minimum absolute atomic E-state index is 0.0177. The molecular weight excluding hydrogens is 404 g/mol. The van der Waals surface area contributed by atoms with Crippen molar-refractivity contribution in [2.45, 2.75) is 51.1 Å². The van der Waals surface area contributed by atoms with E-state index in [1.54, 1.807) is 13.2 Å². The number of Topliss-reactive ketones (excluding diaryl/α,β-unsaturated/α-hetero) is 1. The van der Waals surface area contributed by atoms with Crippen LogP contribution in [0.3, 0.4) is 0 Å². The summed E-state index contributed by atoms with van der Waals surface area (Å²) in [6.07, 6.45) is 2.86. The summed E-state index contributed by atoms with van der Waals surface area (Å²) in [6.45, 7) is 4.85. The van der Waals surface area contributed by atoms with Crippen LogP contribution in [-0.2, 0) is 11.2 Å². The van der Waals surface area contributed by atoms with Gasteiger partial charge < -0.3 is 13.9 Å². The summed E-state index contributed by atoms with van der Waals surface area (Å²) in [5.74, 6) is 0.493. The van der Waals surface area contributed by atoms with Gasteiger partial charge in [-0.05, 0) is 50.5 Å². The van der Waals surface area contributed by atoms with Crippen LogP contribution in [0.15, 0.2) is 36.7 Å². The average molecular weight is 429 g/mol. The monoisotopic (exact) mass is 429 g/mol. The van der Waals surface area contributed by atoms with Crippen molar-refractivity contribution in [3.05, 3.63) is 59.3 Å². The predicted octanol–water partition coefficient (Wildman–Crippen LogP) is 4.77. The van der Waals surface area contributed by atoms with Crippen LogP contribution in [0, 0.1) is 0 Å². The molecule has 4 rings (SSSR count). The van der Waals surface area contributed by atoms with E-state index in [0.29, 0.717) is 23.6 Å². The lowest BCUT2D eigenvalue weighted by Crippen LogP contribution is -2.33. The number of nitrogens with zero attached hydrogens (tertiary/aromatic N) is 3. The number of alkyl halides is 2. The molecule has 3 aromatic heterocycles. The Morgan fingerprint density at radius 1 is 1.32 bits per heavy atom. The summed E-state index contributed by atoms with van der Waals surface area (Å²) >= 11 is 0. The standard InChI is InChI=1S/C23H25F2N3O3/c1-23(2)11-15(7-8-31-23)18-13-28-12-14(10-20(30-3)22(28)27-18)9-19(29)16-5-4-6-17(26-16)21(24)25/h4-6,10,12-13,15,21H,7-9,11H2,1-3H3. The summed E-state index contributed by atoms with van der Waals surface area (Å²) in [5.41, 5.74) is 1.75. The van der Waals surface area contributed by atoms with Crippen LogP contribution >= 0.6 is 0 Å². The number of hydrogen-bond acceptors (Lipinski definition) is 5. The van der Waals surface area contributed by atoms with E-state index in [9.17, 15) is 13.6 Å². The van der Waals surface area contributed by atoms with E-state index in [-0.39, 0.29) is 29.4 Å². The number of methoxy groups -OCH3 is 1. The van der Waals surface area contributed by atoms with Crippen LogP contribution in [-0.4, -0.2) is 39.5 Å². The van der Waals surface area contributed by atoms with Gasteiger partial charge in [-0.1, -0.05) is 6.07 Å². The van der Waals surface area contributed by atoms with Gasteiger partial charge in [0.2, 0.25) is 0 Å². The van der Waals surface area contributed by atoms with Crippen molar-refractivity contribution in [3.63, 3.8) is 0 Å². The van der Waals surface area contributed by atoms with Crippen LogP contribution in [0.25, 0.3) is 5.65 Å². The number of rotatable bonds is 6. The lowest BCUT2D eigenvalue weighted by Gasteiger charge is -2.34. The van der Waals surface area contributed by atoms with E-state index in [2.05, 4.69) is 18.8 Å². The number of carbonyl (C=O) groups is 1. The summed E-state index contributed by atoms with van der Waals surface area (Å²) < 4.78 is 39.0. The van der Waals surface area contributed by atoms with Crippen molar-refractivity contribution in [2.24, 2.45) is 0 Å². The number of imidazole rings is 1. The summed E-state index contributed by atoms with van der Waals surface area (Å²) in [5, 5.41) is 0. The molecule has 0 aliphatic carbocycles. The first-order valence-electron chi connectivity index (χ1n) is 10.2.